The Bertz CT molecular complexity index is 997. The molecular weight excluding hydrogens is 358 g/mol. The van der Waals surface area contributed by atoms with E-state index in [0.717, 1.165) is 11.1 Å². The lowest BCUT2D eigenvalue weighted by Gasteiger charge is -2.18. The summed E-state index contributed by atoms with van der Waals surface area (Å²) in [6.45, 7) is 1.39. The highest BCUT2D eigenvalue weighted by molar-refractivity contribution is 6.07. The number of hydrogen-bond donors (Lipinski definition) is 3. The van der Waals surface area contributed by atoms with Crippen LogP contribution in [0, 0.1) is 5.92 Å². The number of aromatic amines is 1. The Balaban J connectivity index is 1.82. The maximum atomic E-state index is 12.9. The SMILES string of the molecule is C[C@H](NC(=O)[C@@H](CC(=O)c1n[nH]c2ccccc12)Cc1ccccc1)C(=O)O. The molecule has 0 radical (unpaired) electrons. The molecule has 3 aromatic rings. The van der Waals surface area contributed by atoms with Gasteiger partial charge >= 0.3 is 5.97 Å². The highest BCUT2D eigenvalue weighted by atomic mass is 16.4. The van der Waals surface area contributed by atoms with Gasteiger partial charge in [0.2, 0.25) is 5.91 Å². The molecule has 144 valence electrons. The van der Waals surface area contributed by atoms with Crippen molar-refractivity contribution in [3.8, 4) is 0 Å². The fourth-order valence-corrected chi connectivity index (χ4v) is 3.05. The lowest BCUT2D eigenvalue weighted by atomic mass is 9.92. The minimum atomic E-state index is -1.13. The number of rotatable bonds is 8. The van der Waals surface area contributed by atoms with Gasteiger partial charge in [0.25, 0.3) is 0 Å². The molecule has 1 aromatic heterocycles. The average molecular weight is 379 g/mol. The Morgan fingerprint density at radius 2 is 1.75 bits per heavy atom. The number of Topliss-reactive ketones (excluding diaryl/α,β-unsaturated/α-hetero) is 1. The zero-order valence-electron chi connectivity index (χ0n) is 15.4. The van der Waals surface area contributed by atoms with Gasteiger partial charge in [-0.1, -0.05) is 48.5 Å². The number of benzene rings is 2. The second-order valence-corrected chi connectivity index (χ2v) is 6.70. The molecule has 0 spiro atoms. The number of amides is 1. The van der Waals surface area contributed by atoms with Crippen molar-refractivity contribution in [2.24, 2.45) is 5.92 Å². The van der Waals surface area contributed by atoms with E-state index < -0.39 is 23.8 Å². The minimum Gasteiger partial charge on any atom is -0.480 e. The number of carboxylic acid groups (broad SMARTS) is 1. The van der Waals surface area contributed by atoms with Crippen molar-refractivity contribution in [1.29, 1.82) is 0 Å². The number of H-pyrrole nitrogens is 1. The Labute approximate surface area is 161 Å². The number of carbonyl (C=O) groups is 3. The number of hydrogen-bond acceptors (Lipinski definition) is 4. The molecule has 0 aliphatic carbocycles. The van der Waals surface area contributed by atoms with Gasteiger partial charge in [-0.15, -0.1) is 0 Å². The van der Waals surface area contributed by atoms with E-state index in [1.54, 1.807) is 6.07 Å². The standard InChI is InChI=1S/C21H21N3O4/c1-13(21(27)28)22-20(26)15(11-14-7-3-2-4-8-14)12-18(25)19-16-9-5-6-10-17(16)23-24-19/h2-10,13,15H,11-12H2,1H3,(H,22,26)(H,23,24)(H,27,28)/t13-,15+/m0/s1. The maximum Gasteiger partial charge on any atom is 0.325 e. The number of fused-ring (bicyclic) bond motifs is 1. The van der Waals surface area contributed by atoms with E-state index in [-0.39, 0.29) is 17.9 Å². The van der Waals surface area contributed by atoms with Gasteiger partial charge in [-0.3, -0.25) is 19.5 Å². The lowest BCUT2D eigenvalue weighted by Crippen LogP contribution is -2.42. The topological polar surface area (TPSA) is 112 Å². The molecule has 0 aliphatic rings. The predicted octanol–water partition coefficient (Wildman–Crippen LogP) is 2.58. The third-order valence-corrected chi connectivity index (χ3v) is 4.59. The van der Waals surface area contributed by atoms with Crippen LogP contribution in [-0.2, 0) is 16.0 Å². The van der Waals surface area contributed by atoms with Gasteiger partial charge < -0.3 is 10.4 Å². The first-order chi connectivity index (χ1) is 13.5. The maximum absolute atomic E-state index is 12.9. The van der Waals surface area contributed by atoms with E-state index >= 15 is 0 Å². The highest BCUT2D eigenvalue weighted by Gasteiger charge is 2.27. The van der Waals surface area contributed by atoms with Gasteiger partial charge in [0.05, 0.1) is 5.52 Å². The molecule has 0 unspecified atom stereocenters. The average Bonchev–Trinajstić information content (AvgIpc) is 3.12. The van der Waals surface area contributed by atoms with Crippen LogP contribution in [0.15, 0.2) is 54.6 Å². The van der Waals surface area contributed by atoms with E-state index in [1.165, 1.54) is 6.92 Å². The summed E-state index contributed by atoms with van der Waals surface area (Å²) in [4.78, 5) is 36.6. The number of carboxylic acids is 1. The first-order valence-electron chi connectivity index (χ1n) is 8.99. The van der Waals surface area contributed by atoms with Gasteiger partial charge in [0.1, 0.15) is 11.7 Å². The molecule has 1 heterocycles. The molecule has 28 heavy (non-hydrogen) atoms. The summed E-state index contributed by atoms with van der Waals surface area (Å²) >= 11 is 0. The van der Waals surface area contributed by atoms with Crippen LogP contribution in [0.5, 0.6) is 0 Å². The van der Waals surface area contributed by atoms with E-state index in [4.69, 9.17) is 5.11 Å². The number of para-hydroxylation sites is 1. The number of ketones is 1. The van der Waals surface area contributed by atoms with Crippen molar-refractivity contribution in [3.05, 3.63) is 65.9 Å². The van der Waals surface area contributed by atoms with Crippen molar-refractivity contribution in [2.75, 3.05) is 0 Å². The predicted molar refractivity (Wildman–Crippen MR) is 104 cm³/mol. The van der Waals surface area contributed by atoms with Crippen molar-refractivity contribution in [1.82, 2.24) is 15.5 Å². The van der Waals surface area contributed by atoms with Crippen molar-refractivity contribution >= 4 is 28.6 Å². The van der Waals surface area contributed by atoms with Crippen LogP contribution in [0.4, 0.5) is 0 Å². The molecule has 0 saturated heterocycles. The summed E-state index contributed by atoms with van der Waals surface area (Å²) in [6.07, 6.45) is 0.259. The van der Waals surface area contributed by atoms with E-state index in [1.807, 2.05) is 48.5 Å². The first-order valence-corrected chi connectivity index (χ1v) is 8.99. The number of nitrogens with zero attached hydrogens (tertiary/aromatic N) is 1. The largest absolute Gasteiger partial charge is 0.480 e. The van der Waals surface area contributed by atoms with Crippen molar-refractivity contribution < 1.29 is 19.5 Å². The monoisotopic (exact) mass is 379 g/mol. The molecule has 3 rings (SSSR count). The van der Waals surface area contributed by atoms with Crippen molar-refractivity contribution in [3.63, 3.8) is 0 Å². The normalized spacial score (nSPS) is 13.0. The van der Waals surface area contributed by atoms with Crippen LogP contribution in [0.2, 0.25) is 0 Å². The van der Waals surface area contributed by atoms with Crippen LogP contribution in [0.25, 0.3) is 10.9 Å². The number of aliphatic carboxylic acids is 1. The van der Waals surface area contributed by atoms with Gasteiger partial charge in [-0.05, 0) is 25.0 Å². The molecule has 0 bridgehead atoms. The molecule has 1 amide bonds. The molecule has 2 atom stereocenters. The zero-order chi connectivity index (χ0) is 20.1. The minimum absolute atomic E-state index is 0.0675. The summed E-state index contributed by atoms with van der Waals surface area (Å²) in [5, 5.41) is 19.1. The smallest absolute Gasteiger partial charge is 0.325 e. The van der Waals surface area contributed by atoms with Crippen LogP contribution >= 0.6 is 0 Å². The van der Waals surface area contributed by atoms with Crippen LogP contribution in [-0.4, -0.2) is 39.0 Å². The molecule has 0 aliphatic heterocycles. The first kappa shape index (κ1) is 19.3. The molecule has 0 saturated carbocycles. The zero-order valence-corrected chi connectivity index (χ0v) is 15.4. The fraction of sp³-hybridized carbons (Fsp3) is 0.238. The van der Waals surface area contributed by atoms with Gasteiger partial charge in [-0.2, -0.15) is 5.10 Å². The van der Waals surface area contributed by atoms with Gasteiger partial charge in [-0.25, -0.2) is 0 Å². The van der Waals surface area contributed by atoms with Crippen LogP contribution in [0.1, 0.15) is 29.4 Å². The van der Waals surface area contributed by atoms with Crippen molar-refractivity contribution in [2.45, 2.75) is 25.8 Å². The van der Waals surface area contributed by atoms with Gasteiger partial charge in [0.15, 0.2) is 5.78 Å². The fourth-order valence-electron chi connectivity index (χ4n) is 3.05. The highest BCUT2D eigenvalue weighted by Crippen LogP contribution is 2.21. The number of aromatic nitrogens is 2. The second kappa shape index (κ2) is 8.47. The van der Waals surface area contributed by atoms with E-state index in [0.29, 0.717) is 11.8 Å². The summed E-state index contributed by atoms with van der Waals surface area (Å²) in [7, 11) is 0. The number of carbonyl (C=O) groups excluding carboxylic acids is 2. The molecule has 2 aromatic carbocycles. The Morgan fingerprint density at radius 3 is 2.46 bits per heavy atom. The Hall–Kier alpha value is -3.48. The molecule has 0 fully saturated rings. The third-order valence-electron chi connectivity index (χ3n) is 4.59. The van der Waals surface area contributed by atoms with E-state index in [2.05, 4.69) is 15.5 Å². The summed E-state index contributed by atoms with van der Waals surface area (Å²) in [5.41, 5.74) is 1.92. The Kier molecular flexibility index (Phi) is 5.84. The summed E-state index contributed by atoms with van der Waals surface area (Å²) in [6, 6.07) is 15.6. The summed E-state index contributed by atoms with van der Waals surface area (Å²) < 4.78 is 0. The Morgan fingerprint density at radius 1 is 1.07 bits per heavy atom. The quantitative estimate of drug-likeness (QED) is 0.521. The number of nitrogens with one attached hydrogen (secondary N) is 2. The van der Waals surface area contributed by atoms with Crippen LogP contribution < -0.4 is 5.32 Å². The van der Waals surface area contributed by atoms with E-state index in [9.17, 15) is 14.4 Å². The second-order valence-electron chi connectivity index (χ2n) is 6.70. The van der Waals surface area contributed by atoms with Crippen LogP contribution in [0.3, 0.4) is 0 Å². The van der Waals surface area contributed by atoms with Gasteiger partial charge in [0, 0.05) is 17.7 Å². The lowest BCUT2D eigenvalue weighted by molar-refractivity contribution is -0.141. The third kappa shape index (κ3) is 4.43. The molecular formula is C21H21N3O4. The summed E-state index contributed by atoms with van der Waals surface area (Å²) in [5.74, 6) is -2.56. The molecule has 3 N–H and O–H groups in total. The molecule has 7 nitrogen and oxygen atoms in total. The molecule has 7 heteroatoms.